The second-order valence-electron chi connectivity index (χ2n) is 10.5. The zero-order valence-electron chi connectivity index (χ0n) is 23.3. The zero-order chi connectivity index (χ0) is 28.3. The number of oxazole rings is 1. The molecule has 1 fully saturated rings. The van der Waals surface area contributed by atoms with Crippen LogP contribution in [-0.2, 0) is 20.9 Å². The molecule has 1 unspecified atom stereocenters. The summed E-state index contributed by atoms with van der Waals surface area (Å²) >= 11 is 0. The Kier molecular flexibility index (Phi) is 10.7. The summed E-state index contributed by atoms with van der Waals surface area (Å²) in [4.78, 5) is 52.4. The number of ketones is 1. The van der Waals surface area contributed by atoms with E-state index in [1.54, 1.807) is 24.3 Å². The maximum atomic E-state index is 13.2. The van der Waals surface area contributed by atoms with Gasteiger partial charge in [-0.2, -0.15) is 0 Å². The van der Waals surface area contributed by atoms with Crippen LogP contribution in [0.5, 0.6) is 0 Å². The summed E-state index contributed by atoms with van der Waals surface area (Å²) in [5.74, 6) is -0.540. The predicted molar refractivity (Wildman–Crippen MR) is 154 cm³/mol. The molecular weight excluding hydrogens is 508 g/mol. The summed E-state index contributed by atoms with van der Waals surface area (Å²) in [6.45, 7) is 4.80. The molecule has 2 N–H and O–H groups in total. The number of nitrogens with one attached hydrogen (secondary N) is 2. The van der Waals surface area contributed by atoms with Crippen LogP contribution in [0.15, 0.2) is 63.8 Å². The Hall–Kier alpha value is -3.72. The van der Waals surface area contributed by atoms with E-state index in [0.29, 0.717) is 49.2 Å². The van der Waals surface area contributed by atoms with Crippen LogP contribution in [0.2, 0.25) is 0 Å². The van der Waals surface area contributed by atoms with Crippen molar-refractivity contribution in [3.8, 4) is 0 Å². The molecule has 1 aromatic heterocycles. The van der Waals surface area contributed by atoms with Crippen LogP contribution in [0, 0.1) is 0 Å². The normalized spacial score (nSPS) is 16.2. The van der Waals surface area contributed by atoms with Crippen molar-refractivity contribution in [1.82, 2.24) is 20.1 Å². The summed E-state index contributed by atoms with van der Waals surface area (Å²) in [6, 6.07) is 16.7. The van der Waals surface area contributed by atoms with Crippen LogP contribution in [0.25, 0.3) is 11.1 Å². The molecule has 0 spiro atoms. The van der Waals surface area contributed by atoms with Gasteiger partial charge in [0.2, 0.25) is 11.8 Å². The standard InChI is InChI=1S/C31H40N4O5/c1-2-25(36)13-7-4-8-14-26(33-29(37)22-35-27-15-9-10-16-28(27)40-31(35)39)30(38)32-18-20-34-19-17-24(21-34)23-11-5-3-6-12-23/h3,5-6,9-12,15-16,24,26H,2,4,7-8,13-14,17-22H2,1H3,(H,32,38)(H,33,37)/t24?,26-/m0/s1. The average molecular weight is 549 g/mol. The lowest BCUT2D eigenvalue weighted by Crippen LogP contribution is -2.49. The first-order chi connectivity index (χ1) is 19.4. The summed E-state index contributed by atoms with van der Waals surface area (Å²) in [7, 11) is 0. The van der Waals surface area contributed by atoms with Gasteiger partial charge in [-0.3, -0.25) is 19.0 Å². The van der Waals surface area contributed by atoms with E-state index in [9.17, 15) is 19.2 Å². The highest BCUT2D eigenvalue weighted by Crippen LogP contribution is 2.26. The lowest BCUT2D eigenvalue weighted by Gasteiger charge is -2.21. The number of likely N-dealkylation sites (tertiary alicyclic amines) is 1. The molecule has 4 rings (SSSR count). The Bertz CT molecular complexity index is 1330. The summed E-state index contributed by atoms with van der Waals surface area (Å²) in [5, 5.41) is 5.83. The van der Waals surface area contributed by atoms with Gasteiger partial charge in [0, 0.05) is 32.5 Å². The van der Waals surface area contributed by atoms with E-state index >= 15 is 0 Å². The first-order valence-corrected chi connectivity index (χ1v) is 14.4. The van der Waals surface area contributed by atoms with Gasteiger partial charge in [-0.1, -0.05) is 62.2 Å². The van der Waals surface area contributed by atoms with Crippen molar-refractivity contribution in [3.05, 3.63) is 70.7 Å². The van der Waals surface area contributed by atoms with E-state index in [1.807, 2.05) is 13.0 Å². The van der Waals surface area contributed by atoms with E-state index in [4.69, 9.17) is 4.42 Å². The molecule has 1 saturated heterocycles. The van der Waals surface area contributed by atoms with Crippen molar-refractivity contribution in [1.29, 1.82) is 0 Å². The Labute approximate surface area is 234 Å². The average Bonchev–Trinajstić information content (AvgIpc) is 3.56. The highest BCUT2D eigenvalue weighted by molar-refractivity contribution is 5.88. The number of aromatic nitrogens is 1. The molecule has 0 radical (unpaired) electrons. The van der Waals surface area contributed by atoms with E-state index in [2.05, 4.69) is 39.8 Å². The molecule has 1 aliphatic heterocycles. The van der Waals surface area contributed by atoms with Gasteiger partial charge in [0.05, 0.1) is 5.52 Å². The molecule has 9 heteroatoms. The second-order valence-corrected chi connectivity index (χ2v) is 10.5. The largest absolute Gasteiger partial charge is 0.420 e. The maximum absolute atomic E-state index is 13.2. The number of carbonyl (C=O) groups is 3. The molecule has 2 atom stereocenters. The number of amides is 2. The van der Waals surface area contributed by atoms with E-state index in [1.165, 1.54) is 10.1 Å². The lowest BCUT2D eigenvalue weighted by atomic mass is 9.99. The molecule has 0 saturated carbocycles. The number of para-hydroxylation sites is 2. The van der Waals surface area contributed by atoms with E-state index in [-0.39, 0.29) is 18.2 Å². The minimum atomic E-state index is -0.723. The highest BCUT2D eigenvalue weighted by Gasteiger charge is 2.25. The molecular formula is C31H40N4O5. The fourth-order valence-electron chi connectivity index (χ4n) is 5.33. The first kappa shape index (κ1) is 29.3. The van der Waals surface area contributed by atoms with Gasteiger partial charge in [0.1, 0.15) is 18.4 Å². The Morgan fingerprint density at radius 2 is 1.80 bits per heavy atom. The molecule has 1 aliphatic rings. The Morgan fingerprint density at radius 1 is 1.02 bits per heavy atom. The summed E-state index contributed by atoms with van der Waals surface area (Å²) in [6.07, 6.45) is 4.89. The number of unbranched alkanes of at least 4 members (excludes halogenated alkanes) is 2. The van der Waals surface area contributed by atoms with Gasteiger partial charge in [-0.25, -0.2) is 4.79 Å². The summed E-state index contributed by atoms with van der Waals surface area (Å²) in [5.41, 5.74) is 2.29. The third kappa shape index (κ3) is 8.14. The quantitative estimate of drug-likeness (QED) is 0.281. The van der Waals surface area contributed by atoms with E-state index in [0.717, 1.165) is 38.9 Å². The van der Waals surface area contributed by atoms with Crippen LogP contribution >= 0.6 is 0 Å². The van der Waals surface area contributed by atoms with Gasteiger partial charge in [-0.15, -0.1) is 0 Å². The Morgan fingerprint density at radius 3 is 2.60 bits per heavy atom. The molecule has 9 nitrogen and oxygen atoms in total. The fourth-order valence-corrected chi connectivity index (χ4v) is 5.33. The van der Waals surface area contributed by atoms with Crippen molar-refractivity contribution >= 4 is 28.7 Å². The first-order valence-electron chi connectivity index (χ1n) is 14.4. The third-order valence-electron chi connectivity index (χ3n) is 7.64. The minimum Gasteiger partial charge on any atom is -0.408 e. The topological polar surface area (TPSA) is 114 Å². The maximum Gasteiger partial charge on any atom is 0.420 e. The number of nitrogens with zero attached hydrogens (tertiary/aromatic N) is 2. The minimum absolute atomic E-state index is 0.233. The smallest absolute Gasteiger partial charge is 0.408 e. The molecule has 0 aliphatic carbocycles. The molecule has 40 heavy (non-hydrogen) atoms. The van der Waals surface area contributed by atoms with Crippen molar-refractivity contribution in [2.75, 3.05) is 26.2 Å². The van der Waals surface area contributed by atoms with Crippen LogP contribution in [0.1, 0.15) is 63.4 Å². The van der Waals surface area contributed by atoms with Crippen LogP contribution < -0.4 is 16.4 Å². The second kappa shape index (κ2) is 14.6. The number of rotatable bonds is 15. The number of benzene rings is 2. The van der Waals surface area contributed by atoms with E-state index < -0.39 is 17.7 Å². The zero-order valence-corrected chi connectivity index (χ0v) is 23.3. The third-order valence-corrected chi connectivity index (χ3v) is 7.64. The fraction of sp³-hybridized carbons (Fsp3) is 0.484. The predicted octanol–water partition coefficient (Wildman–Crippen LogP) is 3.61. The molecule has 3 aromatic rings. The molecule has 2 heterocycles. The number of Topliss-reactive ketones (excluding diaryl/α,β-unsaturated/α-hetero) is 1. The number of hydrogen-bond acceptors (Lipinski definition) is 6. The molecule has 2 amide bonds. The van der Waals surface area contributed by atoms with Gasteiger partial charge in [0.25, 0.3) is 0 Å². The van der Waals surface area contributed by atoms with Crippen molar-refractivity contribution in [3.63, 3.8) is 0 Å². The lowest BCUT2D eigenvalue weighted by molar-refractivity contribution is -0.129. The number of fused-ring (bicyclic) bond motifs is 1. The van der Waals surface area contributed by atoms with Gasteiger partial charge < -0.3 is 20.0 Å². The molecule has 2 aromatic carbocycles. The van der Waals surface area contributed by atoms with Gasteiger partial charge >= 0.3 is 5.76 Å². The Balaban J connectivity index is 1.30. The summed E-state index contributed by atoms with van der Waals surface area (Å²) < 4.78 is 6.50. The van der Waals surface area contributed by atoms with Crippen LogP contribution in [-0.4, -0.2) is 59.3 Å². The number of carbonyl (C=O) groups excluding carboxylic acids is 3. The SMILES string of the molecule is CCC(=O)CCCCC[C@H](NC(=O)Cn1c(=O)oc2ccccc21)C(=O)NCCN1CCC(c2ccccc2)C1. The highest BCUT2D eigenvalue weighted by atomic mass is 16.4. The number of hydrogen-bond donors (Lipinski definition) is 2. The van der Waals surface area contributed by atoms with Crippen LogP contribution in [0.4, 0.5) is 0 Å². The molecule has 0 bridgehead atoms. The van der Waals surface area contributed by atoms with Crippen molar-refractivity contribution < 1.29 is 18.8 Å². The monoisotopic (exact) mass is 548 g/mol. The van der Waals surface area contributed by atoms with Crippen molar-refractivity contribution in [2.24, 2.45) is 0 Å². The molecule has 214 valence electrons. The van der Waals surface area contributed by atoms with Gasteiger partial charge in [0.15, 0.2) is 5.58 Å². The van der Waals surface area contributed by atoms with Crippen LogP contribution in [0.3, 0.4) is 0 Å². The van der Waals surface area contributed by atoms with Crippen molar-refractivity contribution in [2.45, 2.75) is 70.4 Å². The van der Waals surface area contributed by atoms with Gasteiger partial charge in [-0.05, 0) is 49.4 Å².